The van der Waals surface area contributed by atoms with Crippen LogP contribution in [0.15, 0.2) is 18.2 Å². The van der Waals surface area contributed by atoms with Crippen LogP contribution in [0.1, 0.15) is 22.8 Å². The molecule has 0 radical (unpaired) electrons. The van der Waals surface area contributed by atoms with Crippen LogP contribution in [0.3, 0.4) is 0 Å². The molecule has 2 rings (SSSR count). The van der Waals surface area contributed by atoms with Gasteiger partial charge in [0.25, 0.3) is 5.91 Å². The summed E-state index contributed by atoms with van der Waals surface area (Å²) >= 11 is 0. The molecule has 1 aliphatic heterocycles. The number of morpholine rings is 1. The number of halogens is 1. The van der Waals surface area contributed by atoms with Gasteiger partial charge in [-0.05, 0) is 31.5 Å². The zero-order valence-electron chi connectivity index (χ0n) is 11.4. The monoisotopic (exact) mass is 280 g/mol. The molecule has 1 saturated heterocycles. The number of carbonyl (C=O) groups excluding carboxylic acids is 2. The number of nitrogens with zero attached hydrogens (tertiary/aromatic N) is 1. The number of benzene rings is 1. The Hall–Kier alpha value is -1.95. The summed E-state index contributed by atoms with van der Waals surface area (Å²) in [5.74, 6) is -1.65. The Balaban J connectivity index is 2.21. The van der Waals surface area contributed by atoms with Crippen molar-refractivity contribution in [3.8, 4) is 0 Å². The second kappa shape index (κ2) is 5.58. The maximum atomic E-state index is 13.8. The molecule has 1 heterocycles. The molecule has 108 valence electrons. The summed E-state index contributed by atoms with van der Waals surface area (Å²) in [6.07, 6.45) is -1.17. The van der Waals surface area contributed by atoms with Gasteiger partial charge in [-0.25, -0.2) is 4.39 Å². The minimum atomic E-state index is -0.851. The summed E-state index contributed by atoms with van der Waals surface area (Å²) in [5.41, 5.74) is 5.94. The largest absolute Gasteiger partial charge is 0.367 e. The van der Waals surface area contributed by atoms with E-state index in [-0.39, 0.29) is 18.2 Å². The van der Waals surface area contributed by atoms with Crippen molar-refractivity contribution in [2.24, 2.45) is 5.73 Å². The molecule has 0 saturated carbocycles. The van der Waals surface area contributed by atoms with E-state index >= 15 is 0 Å². The van der Waals surface area contributed by atoms with Crippen molar-refractivity contribution >= 4 is 11.8 Å². The van der Waals surface area contributed by atoms with Gasteiger partial charge in [-0.1, -0.05) is 6.07 Å². The molecule has 2 amide bonds. The Morgan fingerprint density at radius 3 is 2.70 bits per heavy atom. The molecule has 1 aromatic carbocycles. The molecule has 2 N–H and O–H groups in total. The zero-order chi connectivity index (χ0) is 14.9. The lowest BCUT2D eigenvalue weighted by molar-refractivity contribution is -0.140. The Bertz CT molecular complexity index is 547. The van der Waals surface area contributed by atoms with Gasteiger partial charge in [0.2, 0.25) is 5.91 Å². The molecule has 0 aliphatic carbocycles. The summed E-state index contributed by atoms with van der Waals surface area (Å²) in [4.78, 5) is 24.9. The number of aryl methyl sites for hydroxylation is 1. The second-order valence-corrected chi connectivity index (χ2v) is 5.03. The highest BCUT2D eigenvalue weighted by Crippen LogP contribution is 2.17. The van der Waals surface area contributed by atoms with E-state index in [0.29, 0.717) is 6.54 Å². The van der Waals surface area contributed by atoms with E-state index in [9.17, 15) is 14.0 Å². The number of carbonyl (C=O) groups is 2. The predicted octanol–water partition coefficient (Wildman–Crippen LogP) is 0.849. The molecule has 1 aliphatic rings. The van der Waals surface area contributed by atoms with Gasteiger partial charge in [0, 0.05) is 6.54 Å². The van der Waals surface area contributed by atoms with Gasteiger partial charge >= 0.3 is 0 Å². The molecule has 0 bridgehead atoms. The first-order valence-corrected chi connectivity index (χ1v) is 6.38. The molecule has 5 nitrogen and oxygen atoms in total. The van der Waals surface area contributed by atoms with E-state index in [1.807, 2.05) is 0 Å². The maximum absolute atomic E-state index is 13.8. The fraction of sp³-hybridized carbons (Fsp3) is 0.429. The number of rotatable bonds is 2. The third-order valence-electron chi connectivity index (χ3n) is 3.22. The lowest BCUT2D eigenvalue weighted by Gasteiger charge is -2.35. The fourth-order valence-electron chi connectivity index (χ4n) is 2.24. The van der Waals surface area contributed by atoms with Gasteiger partial charge in [0.05, 0.1) is 18.2 Å². The molecular weight excluding hydrogens is 263 g/mol. The van der Waals surface area contributed by atoms with E-state index < -0.39 is 23.7 Å². The molecule has 0 aromatic heterocycles. The fourth-order valence-corrected chi connectivity index (χ4v) is 2.24. The minimum absolute atomic E-state index is 0.00656. The smallest absolute Gasteiger partial charge is 0.257 e. The van der Waals surface area contributed by atoms with E-state index in [0.717, 1.165) is 5.56 Å². The Morgan fingerprint density at radius 1 is 1.40 bits per heavy atom. The van der Waals surface area contributed by atoms with Crippen molar-refractivity contribution in [1.82, 2.24) is 4.90 Å². The third-order valence-corrected chi connectivity index (χ3v) is 3.22. The maximum Gasteiger partial charge on any atom is 0.257 e. The molecule has 0 unspecified atom stereocenters. The molecule has 0 spiro atoms. The molecule has 2 atom stereocenters. The highest BCUT2D eigenvalue weighted by molar-refractivity contribution is 5.95. The Kier molecular flexibility index (Phi) is 4.04. The van der Waals surface area contributed by atoms with Gasteiger partial charge in [0.15, 0.2) is 6.10 Å². The quantitative estimate of drug-likeness (QED) is 0.873. The highest BCUT2D eigenvalue weighted by atomic mass is 19.1. The number of primary amides is 1. The summed E-state index contributed by atoms with van der Waals surface area (Å²) in [6, 6.07) is 4.43. The van der Waals surface area contributed by atoms with Gasteiger partial charge in [-0.3, -0.25) is 9.59 Å². The average Bonchev–Trinajstić information content (AvgIpc) is 2.37. The van der Waals surface area contributed by atoms with Crippen molar-refractivity contribution in [2.45, 2.75) is 26.1 Å². The first kappa shape index (κ1) is 14.5. The standard InChI is InChI=1S/C14H17FN2O3/c1-8-3-4-10(11(15)5-8)14(19)17-6-9(2)20-12(7-17)13(16)18/h3-5,9,12H,6-7H2,1-2H3,(H2,16,18)/t9-,12+/m1/s1. The van der Waals surface area contributed by atoms with Crippen molar-refractivity contribution < 1.29 is 18.7 Å². The van der Waals surface area contributed by atoms with Gasteiger partial charge < -0.3 is 15.4 Å². The van der Waals surface area contributed by atoms with Crippen LogP contribution in [0.4, 0.5) is 4.39 Å². The van der Waals surface area contributed by atoms with Crippen LogP contribution in [0.5, 0.6) is 0 Å². The van der Waals surface area contributed by atoms with Gasteiger partial charge in [-0.15, -0.1) is 0 Å². The van der Waals surface area contributed by atoms with Crippen LogP contribution in [0, 0.1) is 12.7 Å². The SMILES string of the molecule is Cc1ccc(C(=O)N2C[C@@H](C)O[C@H](C(N)=O)C2)c(F)c1. The lowest BCUT2D eigenvalue weighted by Crippen LogP contribution is -2.53. The summed E-state index contributed by atoms with van der Waals surface area (Å²) in [6.45, 7) is 3.83. The molecule has 20 heavy (non-hydrogen) atoms. The van der Waals surface area contributed by atoms with Crippen LogP contribution in [0.25, 0.3) is 0 Å². The van der Waals surface area contributed by atoms with Crippen molar-refractivity contribution in [2.75, 3.05) is 13.1 Å². The van der Waals surface area contributed by atoms with Crippen LogP contribution in [0.2, 0.25) is 0 Å². The van der Waals surface area contributed by atoms with E-state index in [1.54, 1.807) is 19.9 Å². The van der Waals surface area contributed by atoms with Crippen LogP contribution in [-0.4, -0.2) is 42.0 Å². The number of amides is 2. The normalized spacial score (nSPS) is 22.6. The van der Waals surface area contributed by atoms with E-state index in [2.05, 4.69) is 0 Å². The summed E-state index contributed by atoms with van der Waals surface area (Å²) in [5, 5.41) is 0. The van der Waals surface area contributed by atoms with E-state index in [1.165, 1.54) is 17.0 Å². The number of hydrogen-bond acceptors (Lipinski definition) is 3. The predicted molar refractivity (Wildman–Crippen MR) is 70.6 cm³/mol. The second-order valence-electron chi connectivity index (χ2n) is 5.03. The minimum Gasteiger partial charge on any atom is -0.367 e. The van der Waals surface area contributed by atoms with Crippen LogP contribution in [-0.2, 0) is 9.53 Å². The highest BCUT2D eigenvalue weighted by Gasteiger charge is 2.32. The molecule has 6 heteroatoms. The first-order chi connectivity index (χ1) is 9.38. The first-order valence-electron chi connectivity index (χ1n) is 6.38. The lowest BCUT2D eigenvalue weighted by atomic mass is 10.1. The van der Waals surface area contributed by atoms with Crippen molar-refractivity contribution in [1.29, 1.82) is 0 Å². The average molecular weight is 280 g/mol. The Morgan fingerprint density at radius 2 is 2.10 bits per heavy atom. The van der Waals surface area contributed by atoms with E-state index in [4.69, 9.17) is 10.5 Å². The topological polar surface area (TPSA) is 72.6 Å². The summed E-state index contributed by atoms with van der Waals surface area (Å²) < 4.78 is 19.2. The summed E-state index contributed by atoms with van der Waals surface area (Å²) in [7, 11) is 0. The van der Waals surface area contributed by atoms with Crippen LogP contribution >= 0.6 is 0 Å². The van der Waals surface area contributed by atoms with Crippen molar-refractivity contribution in [3.05, 3.63) is 35.1 Å². The number of nitrogens with two attached hydrogens (primary N) is 1. The van der Waals surface area contributed by atoms with Crippen LogP contribution < -0.4 is 5.73 Å². The molecule has 1 fully saturated rings. The Labute approximate surface area is 116 Å². The number of hydrogen-bond donors (Lipinski definition) is 1. The van der Waals surface area contributed by atoms with Gasteiger partial charge in [-0.2, -0.15) is 0 Å². The number of ether oxygens (including phenoxy) is 1. The third kappa shape index (κ3) is 2.96. The molecule has 1 aromatic rings. The zero-order valence-corrected chi connectivity index (χ0v) is 11.4. The van der Waals surface area contributed by atoms with Crippen molar-refractivity contribution in [3.63, 3.8) is 0 Å². The molecular formula is C14H17FN2O3. The van der Waals surface area contributed by atoms with Gasteiger partial charge in [0.1, 0.15) is 5.82 Å².